The van der Waals surface area contributed by atoms with Crippen LogP contribution >= 0.6 is 11.6 Å². The van der Waals surface area contributed by atoms with Gasteiger partial charge in [-0.2, -0.15) is 0 Å². The number of methoxy groups -OCH3 is 1. The lowest BCUT2D eigenvalue weighted by Crippen LogP contribution is -2.30. The summed E-state index contributed by atoms with van der Waals surface area (Å²) in [4.78, 5) is 28.0. The van der Waals surface area contributed by atoms with E-state index in [0.717, 1.165) is 5.56 Å². The molecule has 2 aromatic carbocycles. The number of nitrogens with zero attached hydrogens (tertiary/aromatic N) is 1. The second-order valence-corrected chi connectivity index (χ2v) is 8.09. The van der Waals surface area contributed by atoms with Crippen LogP contribution < -0.4 is 9.64 Å². The monoisotopic (exact) mass is 463 g/mol. The maximum absolute atomic E-state index is 13.6. The van der Waals surface area contributed by atoms with E-state index in [-0.39, 0.29) is 11.3 Å². The molecule has 3 heterocycles. The van der Waals surface area contributed by atoms with Gasteiger partial charge < -0.3 is 18.7 Å². The zero-order chi connectivity index (χ0) is 23.3. The van der Waals surface area contributed by atoms with E-state index in [1.54, 1.807) is 36.4 Å². The molecule has 5 rings (SSSR count). The molecule has 8 heteroatoms. The fraction of sp³-hybridized carbons (Fsp3) is 0.120. The number of hydrogen-bond acceptors (Lipinski definition) is 6. The topological polar surface area (TPSA) is 93.1 Å². The number of ketones is 1. The smallest absolute Gasteiger partial charge is 0.294 e. The Labute approximate surface area is 193 Å². The first-order valence-corrected chi connectivity index (χ1v) is 10.5. The predicted molar refractivity (Wildman–Crippen MR) is 122 cm³/mol. The van der Waals surface area contributed by atoms with Gasteiger partial charge in [-0.1, -0.05) is 29.3 Å². The predicted octanol–water partition coefficient (Wildman–Crippen LogP) is 5.78. The first-order valence-electron chi connectivity index (χ1n) is 10.1. The molecule has 0 saturated heterocycles. The number of halogens is 1. The number of ether oxygens (including phenoxy) is 1. The molecule has 0 bridgehead atoms. The number of hydrogen-bond donors (Lipinski definition) is 1. The molecule has 33 heavy (non-hydrogen) atoms. The van der Waals surface area contributed by atoms with Crippen LogP contribution in [0, 0.1) is 6.92 Å². The number of aliphatic hydroxyl groups is 1. The van der Waals surface area contributed by atoms with Gasteiger partial charge in [-0.3, -0.25) is 14.5 Å². The van der Waals surface area contributed by atoms with Gasteiger partial charge in [0.25, 0.3) is 5.91 Å². The summed E-state index contributed by atoms with van der Waals surface area (Å²) in [5.41, 5.74) is 1.71. The number of carbonyl (C=O) groups is 2. The third-order valence-corrected chi connectivity index (χ3v) is 5.79. The van der Waals surface area contributed by atoms with Crippen LogP contribution in [0.25, 0.3) is 11.0 Å². The zero-order valence-electron chi connectivity index (χ0n) is 17.7. The van der Waals surface area contributed by atoms with Crippen molar-refractivity contribution in [3.63, 3.8) is 0 Å². The number of carbonyl (C=O) groups excluding carboxylic acids is 2. The Bertz CT molecular complexity index is 1420. The summed E-state index contributed by atoms with van der Waals surface area (Å²) in [6, 6.07) is 14.2. The van der Waals surface area contributed by atoms with Crippen LogP contribution in [-0.4, -0.2) is 23.9 Å². The van der Waals surface area contributed by atoms with Crippen LogP contribution in [0.2, 0.25) is 5.02 Å². The van der Waals surface area contributed by atoms with Crippen LogP contribution in [-0.2, 0) is 4.79 Å². The summed E-state index contributed by atoms with van der Waals surface area (Å²) in [6.45, 7) is 1.92. The number of amides is 1. The Morgan fingerprint density at radius 3 is 2.58 bits per heavy atom. The van der Waals surface area contributed by atoms with Crippen LogP contribution in [0.1, 0.15) is 27.9 Å². The van der Waals surface area contributed by atoms with Gasteiger partial charge in [-0.15, -0.1) is 0 Å². The Morgan fingerprint density at radius 2 is 1.91 bits per heavy atom. The first-order chi connectivity index (χ1) is 15.9. The second-order valence-electron chi connectivity index (χ2n) is 7.66. The molecule has 1 aliphatic rings. The van der Waals surface area contributed by atoms with Crippen molar-refractivity contribution in [1.29, 1.82) is 0 Å². The average Bonchev–Trinajstić information content (AvgIpc) is 3.53. The number of fused-ring (bicyclic) bond motifs is 1. The van der Waals surface area contributed by atoms with Gasteiger partial charge in [0.05, 0.1) is 18.9 Å². The van der Waals surface area contributed by atoms with Gasteiger partial charge in [0.15, 0.2) is 22.9 Å². The quantitative estimate of drug-likeness (QED) is 0.377. The molecule has 7 nitrogen and oxygen atoms in total. The average molecular weight is 464 g/mol. The van der Waals surface area contributed by atoms with Crippen molar-refractivity contribution in [1.82, 2.24) is 0 Å². The van der Waals surface area contributed by atoms with Crippen molar-refractivity contribution < 1.29 is 28.3 Å². The van der Waals surface area contributed by atoms with Crippen LogP contribution in [0.15, 0.2) is 81.0 Å². The molecule has 1 N–H and O–H groups in total. The first kappa shape index (κ1) is 20.9. The Morgan fingerprint density at radius 1 is 1.15 bits per heavy atom. The number of Topliss-reactive ketones (excluding diaryl/α,β-unsaturated/α-hetero) is 1. The molecule has 0 radical (unpaired) electrons. The normalized spacial score (nSPS) is 16.2. The molecule has 0 fully saturated rings. The summed E-state index contributed by atoms with van der Waals surface area (Å²) < 4.78 is 16.6. The van der Waals surface area contributed by atoms with Gasteiger partial charge in [-0.05, 0) is 43.3 Å². The van der Waals surface area contributed by atoms with Gasteiger partial charge >= 0.3 is 0 Å². The number of aryl methyl sites for hydroxylation is 1. The third kappa shape index (κ3) is 3.37. The number of aliphatic hydroxyl groups excluding tert-OH is 1. The van der Waals surface area contributed by atoms with E-state index in [9.17, 15) is 14.7 Å². The van der Waals surface area contributed by atoms with Gasteiger partial charge in [0, 0.05) is 22.2 Å². The second kappa shape index (κ2) is 7.86. The molecule has 166 valence electrons. The largest absolute Gasteiger partial charge is 0.503 e. The van der Waals surface area contributed by atoms with E-state index < -0.39 is 23.5 Å². The summed E-state index contributed by atoms with van der Waals surface area (Å²) >= 11 is 6.13. The van der Waals surface area contributed by atoms with Crippen LogP contribution in [0.4, 0.5) is 5.69 Å². The molecule has 4 aromatic rings. The van der Waals surface area contributed by atoms with Crippen molar-refractivity contribution in [2.45, 2.75) is 13.0 Å². The maximum Gasteiger partial charge on any atom is 0.294 e. The van der Waals surface area contributed by atoms with Gasteiger partial charge in [-0.25, -0.2) is 0 Å². The fourth-order valence-electron chi connectivity index (χ4n) is 4.01. The zero-order valence-corrected chi connectivity index (χ0v) is 18.4. The van der Waals surface area contributed by atoms with E-state index in [0.29, 0.717) is 33.2 Å². The summed E-state index contributed by atoms with van der Waals surface area (Å²) in [5, 5.41) is 11.8. The Balaban J connectivity index is 1.64. The maximum atomic E-state index is 13.6. The van der Waals surface area contributed by atoms with Crippen molar-refractivity contribution in [2.24, 2.45) is 0 Å². The Kier molecular flexibility index (Phi) is 4.98. The highest BCUT2D eigenvalue weighted by atomic mass is 35.5. The third-order valence-electron chi connectivity index (χ3n) is 5.57. The summed E-state index contributed by atoms with van der Waals surface area (Å²) in [6.07, 6.45) is 1.44. The van der Waals surface area contributed by atoms with Crippen molar-refractivity contribution in [3.05, 3.63) is 94.3 Å². The highest BCUT2D eigenvalue weighted by Gasteiger charge is 2.46. The minimum Gasteiger partial charge on any atom is -0.503 e. The van der Waals surface area contributed by atoms with E-state index in [1.165, 1.54) is 24.3 Å². The van der Waals surface area contributed by atoms with Crippen molar-refractivity contribution >= 4 is 39.9 Å². The lowest BCUT2D eigenvalue weighted by Gasteiger charge is -2.24. The lowest BCUT2D eigenvalue weighted by atomic mass is 9.99. The molecular formula is C25H18ClNO6. The molecule has 0 spiro atoms. The van der Waals surface area contributed by atoms with Crippen molar-refractivity contribution in [2.75, 3.05) is 12.0 Å². The van der Waals surface area contributed by atoms with E-state index >= 15 is 0 Å². The molecule has 1 amide bonds. The lowest BCUT2D eigenvalue weighted by molar-refractivity contribution is -0.117. The van der Waals surface area contributed by atoms with E-state index in [4.69, 9.17) is 25.2 Å². The van der Waals surface area contributed by atoms with E-state index in [2.05, 4.69) is 0 Å². The van der Waals surface area contributed by atoms with Crippen LogP contribution in [0.5, 0.6) is 5.75 Å². The molecule has 1 aliphatic heterocycles. The summed E-state index contributed by atoms with van der Waals surface area (Å²) in [7, 11) is 1.46. The number of benzene rings is 2. The minimum absolute atomic E-state index is 0.0674. The molecular weight excluding hydrogens is 446 g/mol. The molecule has 1 unspecified atom stereocenters. The van der Waals surface area contributed by atoms with Gasteiger partial charge in [0.2, 0.25) is 5.78 Å². The van der Waals surface area contributed by atoms with E-state index in [1.807, 2.05) is 19.1 Å². The minimum atomic E-state index is -0.971. The van der Waals surface area contributed by atoms with Gasteiger partial charge in [0.1, 0.15) is 11.8 Å². The molecule has 0 saturated carbocycles. The number of rotatable bonds is 5. The molecule has 1 atom stereocenters. The fourth-order valence-corrected chi connectivity index (χ4v) is 4.22. The standard InChI is InChI=1S/C25H18ClNO6/c1-13-5-7-16(8-6-13)27-21(17-4-3-9-32-17)20(23(29)25(27)30)22(28)18-11-14-10-15(26)12-19(31-2)24(14)33-18/h3-12,21,29H,1-2H3. The highest BCUT2D eigenvalue weighted by molar-refractivity contribution is 6.31. The Hall–Kier alpha value is -3.97. The summed E-state index contributed by atoms with van der Waals surface area (Å²) in [5.74, 6) is -1.39. The highest BCUT2D eigenvalue weighted by Crippen LogP contribution is 2.43. The van der Waals surface area contributed by atoms with Crippen LogP contribution in [0.3, 0.4) is 0 Å². The molecule has 0 aliphatic carbocycles. The molecule has 2 aromatic heterocycles. The SMILES string of the molecule is COc1cc(Cl)cc2cc(C(=O)C3=C(O)C(=O)N(c4ccc(C)cc4)C3c3ccco3)oc12. The number of anilines is 1. The van der Waals surface area contributed by atoms with Crippen molar-refractivity contribution in [3.8, 4) is 5.75 Å². The number of furan rings is 2.